The Morgan fingerprint density at radius 2 is 1.76 bits per heavy atom. The second kappa shape index (κ2) is 13.5. The Balaban J connectivity index is 0.000000338. The Morgan fingerprint density at radius 3 is 2.27 bits per heavy atom. The van der Waals surface area contributed by atoms with Crippen molar-refractivity contribution in [2.45, 2.75) is 37.7 Å². The molecule has 2 aliphatic heterocycles. The van der Waals surface area contributed by atoms with Crippen LogP contribution in [0.2, 0.25) is 0 Å². The van der Waals surface area contributed by atoms with Crippen molar-refractivity contribution in [3.63, 3.8) is 0 Å². The third-order valence-electron chi connectivity index (χ3n) is 5.87. The Morgan fingerprint density at radius 1 is 1.08 bits per heavy atom. The van der Waals surface area contributed by atoms with Crippen molar-refractivity contribution >= 4 is 16.7 Å². The first kappa shape index (κ1) is 29.5. The van der Waals surface area contributed by atoms with Gasteiger partial charge in [0.1, 0.15) is 11.3 Å². The smallest absolute Gasteiger partial charge is 0.323 e. The number of rotatable bonds is 3. The highest BCUT2D eigenvalue weighted by molar-refractivity contribution is 5.83. The summed E-state index contributed by atoms with van der Waals surface area (Å²) < 4.78 is 60.7. The summed E-state index contributed by atoms with van der Waals surface area (Å²) >= 11 is 0. The minimum atomic E-state index is -2.72. The molecule has 0 radical (unpaired) electrons. The fraction of sp³-hybridized carbons (Fsp3) is 0.370. The van der Waals surface area contributed by atoms with Gasteiger partial charge >= 0.3 is 5.69 Å². The third-order valence-corrected chi connectivity index (χ3v) is 5.87. The highest BCUT2D eigenvalue weighted by atomic mass is 19.3. The normalized spacial score (nSPS) is 18.0. The van der Waals surface area contributed by atoms with E-state index in [2.05, 4.69) is 35.7 Å². The molecule has 1 aromatic heterocycles. The number of H-pyrrole nitrogens is 2. The number of fused-ring (bicyclic) bond motifs is 1. The molecule has 3 aromatic rings. The van der Waals surface area contributed by atoms with Gasteiger partial charge in [0.2, 0.25) is 0 Å². The van der Waals surface area contributed by atoms with Gasteiger partial charge in [0.05, 0.1) is 30.3 Å². The first-order chi connectivity index (χ1) is 17.8. The number of aromatic amines is 2. The lowest BCUT2D eigenvalue weighted by Crippen LogP contribution is -2.24. The molecule has 2 aliphatic rings. The number of aliphatic hydroxyl groups excluding tert-OH is 1. The summed E-state index contributed by atoms with van der Waals surface area (Å²) in [5.74, 6) is -4.42. The molecule has 3 heterocycles. The van der Waals surface area contributed by atoms with Crippen LogP contribution in [-0.2, 0) is 4.74 Å². The molecule has 1 atom stereocenters. The molecule has 198 valence electrons. The fourth-order valence-corrected chi connectivity index (χ4v) is 4.12. The van der Waals surface area contributed by atoms with Gasteiger partial charge in [-0.05, 0) is 37.0 Å². The molecule has 2 aromatic carbocycles. The van der Waals surface area contributed by atoms with Crippen LogP contribution >= 0.6 is 0 Å². The number of halogens is 4. The topological polar surface area (TPSA) is 81.4 Å². The number of nitrogens with one attached hydrogen (secondary N) is 2. The average Bonchev–Trinajstić information content (AvgIpc) is 3.48. The molecule has 0 amide bonds. The molecule has 0 aliphatic carbocycles. The number of ether oxygens (including phenoxy) is 1. The summed E-state index contributed by atoms with van der Waals surface area (Å²) in [5.41, 5.74) is -0.146. The molecule has 0 saturated carbocycles. The first-order valence-corrected chi connectivity index (χ1v) is 11.5. The highest BCUT2D eigenvalue weighted by Crippen LogP contribution is 2.34. The van der Waals surface area contributed by atoms with Crippen molar-refractivity contribution < 1.29 is 27.4 Å². The van der Waals surface area contributed by atoms with E-state index >= 15 is 0 Å². The van der Waals surface area contributed by atoms with E-state index in [1.54, 1.807) is 12.1 Å². The van der Waals surface area contributed by atoms with E-state index < -0.39 is 23.2 Å². The van der Waals surface area contributed by atoms with Gasteiger partial charge in [0, 0.05) is 31.3 Å². The summed E-state index contributed by atoms with van der Waals surface area (Å²) in [5, 5.41) is 8.57. The minimum absolute atomic E-state index is 0.0414. The van der Waals surface area contributed by atoms with Crippen LogP contribution in [0.25, 0.3) is 22.2 Å². The van der Waals surface area contributed by atoms with E-state index in [4.69, 9.17) is 9.84 Å². The van der Waals surface area contributed by atoms with Crippen molar-refractivity contribution in [1.82, 2.24) is 9.97 Å². The maximum atomic E-state index is 14.6. The van der Waals surface area contributed by atoms with E-state index in [0.717, 1.165) is 25.5 Å². The van der Waals surface area contributed by atoms with Gasteiger partial charge < -0.3 is 24.7 Å². The number of nitrogens with zero attached hydrogens (tertiary/aromatic N) is 1. The van der Waals surface area contributed by atoms with Gasteiger partial charge in [0.15, 0.2) is 5.82 Å². The maximum absolute atomic E-state index is 14.6. The van der Waals surface area contributed by atoms with Crippen LogP contribution in [0, 0.1) is 37.3 Å². The van der Waals surface area contributed by atoms with Gasteiger partial charge in [-0.2, -0.15) is 0 Å². The molecule has 10 heteroatoms. The molecular weight excluding hydrogens is 490 g/mol. The predicted octanol–water partition coefficient (Wildman–Crippen LogP) is 4.69. The highest BCUT2D eigenvalue weighted by Gasteiger charge is 2.38. The first-order valence-electron chi connectivity index (χ1n) is 11.5. The SMILES string of the molecule is C#C.C#C.O=c1[nH]c2cc(F)c(-c3ccc(N4CCC(F)(F)C4)cc3)c(F)c2[nH]1.OC[C@@H]1CCCCO1. The number of anilines is 1. The van der Waals surface area contributed by atoms with Gasteiger partial charge in [-0.3, -0.25) is 0 Å². The lowest BCUT2D eigenvalue weighted by molar-refractivity contribution is -0.0172. The van der Waals surface area contributed by atoms with Crippen molar-refractivity contribution in [3.8, 4) is 36.8 Å². The Hall–Kier alpha value is -3.73. The standard InChI is InChI=1S/C17H13F4N3O.C6H12O2.2C2H2/c18-11-7-12-15(23-16(25)22-12)14(19)13(11)9-1-3-10(4-2-9)24-6-5-17(20,21)8-24;7-5-6-3-1-2-4-8-6;2*1-2/h1-4,7H,5-6,8H2,(H2,22,23,25);6-7H,1-5H2;2*1-2H/t;6-;;/m.0../s1. The van der Waals surface area contributed by atoms with Crippen molar-refractivity contribution in [3.05, 3.63) is 52.5 Å². The van der Waals surface area contributed by atoms with Gasteiger partial charge in [-0.1, -0.05) is 12.1 Å². The van der Waals surface area contributed by atoms with E-state index in [9.17, 15) is 22.4 Å². The Labute approximate surface area is 212 Å². The molecule has 0 unspecified atom stereocenters. The number of benzene rings is 2. The zero-order chi connectivity index (χ0) is 27.6. The van der Waals surface area contributed by atoms with Gasteiger partial charge in [-0.15, -0.1) is 25.7 Å². The Kier molecular flexibility index (Phi) is 10.8. The van der Waals surface area contributed by atoms with Crippen LogP contribution in [0.3, 0.4) is 0 Å². The number of terminal acetylenes is 2. The van der Waals surface area contributed by atoms with Crippen molar-refractivity contribution in [2.75, 3.05) is 31.2 Å². The summed E-state index contributed by atoms with van der Waals surface area (Å²) in [4.78, 5) is 17.4. The molecule has 0 spiro atoms. The minimum Gasteiger partial charge on any atom is -0.394 e. The molecule has 6 nitrogen and oxygen atoms in total. The predicted molar refractivity (Wildman–Crippen MR) is 137 cm³/mol. The molecule has 2 fully saturated rings. The molecule has 2 saturated heterocycles. The number of hydrogen-bond acceptors (Lipinski definition) is 4. The van der Waals surface area contributed by atoms with Crippen molar-refractivity contribution in [2.24, 2.45) is 0 Å². The summed E-state index contributed by atoms with van der Waals surface area (Å²) in [7, 11) is 0. The van der Waals surface area contributed by atoms with Crippen LogP contribution in [0.5, 0.6) is 0 Å². The fourth-order valence-electron chi connectivity index (χ4n) is 4.12. The number of aromatic nitrogens is 2. The molecule has 3 N–H and O–H groups in total. The zero-order valence-electron chi connectivity index (χ0n) is 20.2. The monoisotopic (exact) mass is 519 g/mol. The van der Waals surface area contributed by atoms with E-state index in [0.29, 0.717) is 5.69 Å². The van der Waals surface area contributed by atoms with Crippen LogP contribution in [0.15, 0.2) is 35.1 Å². The second-order valence-corrected chi connectivity index (χ2v) is 8.29. The lowest BCUT2D eigenvalue weighted by atomic mass is 10.0. The van der Waals surface area contributed by atoms with Gasteiger partial charge in [0.25, 0.3) is 5.92 Å². The molecule has 5 rings (SSSR count). The van der Waals surface area contributed by atoms with Gasteiger partial charge in [-0.25, -0.2) is 22.4 Å². The number of alkyl halides is 2. The summed E-state index contributed by atoms with van der Waals surface area (Å²) in [6, 6.07) is 7.10. The van der Waals surface area contributed by atoms with E-state index in [1.807, 2.05) is 0 Å². The zero-order valence-corrected chi connectivity index (χ0v) is 20.2. The third kappa shape index (κ3) is 7.39. The molecule has 37 heavy (non-hydrogen) atoms. The number of hydrogen-bond donors (Lipinski definition) is 3. The average molecular weight is 520 g/mol. The summed E-state index contributed by atoms with van der Waals surface area (Å²) in [6.45, 7) is 0.891. The summed E-state index contributed by atoms with van der Waals surface area (Å²) in [6.07, 6.45) is 19.3. The molecular formula is C27H29F4N3O3. The van der Waals surface area contributed by atoms with Crippen LogP contribution in [0.4, 0.5) is 23.2 Å². The quantitative estimate of drug-likeness (QED) is 0.346. The van der Waals surface area contributed by atoms with E-state index in [-0.39, 0.29) is 54.4 Å². The number of aliphatic hydroxyl groups is 1. The van der Waals surface area contributed by atoms with Crippen LogP contribution in [0.1, 0.15) is 25.7 Å². The van der Waals surface area contributed by atoms with Crippen molar-refractivity contribution in [1.29, 1.82) is 0 Å². The molecule has 0 bridgehead atoms. The Bertz CT molecular complexity index is 1240. The second-order valence-electron chi connectivity index (χ2n) is 8.29. The number of imidazole rings is 1. The van der Waals surface area contributed by atoms with Crippen LogP contribution < -0.4 is 10.6 Å². The van der Waals surface area contributed by atoms with E-state index in [1.165, 1.54) is 23.5 Å². The maximum Gasteiger partial charge on any atom is 0.323 e. The van der Waals surface area contributed by atoms with Crippen LogP contribution in [-0.4, -0.2) is 53.4 Å². The lowest BCUT2D eigenvalue weighted by Gasteiger charge is -2.19. The largest absolute Gasteiger partial charge is 0.394 e.